The first-order valence-corrected chi connectivity index (χ1v) is 7.49. The molecule has 1 aromatic rings. The molecule has 1 aromatic carbocycles. The van der Waals surface area contributed by atoms with Crippen molar-refractivity contribution in [2.75, 3.05) is 0 Å². The normalized spacial score (nSPS) is 28.3. The zero-order valence-corrected chi connectivity index (χ0v) is 11.9. The van der Waals surface area contributed by atoms with Crippen LogP contribution in [0.2, 0.25) is 5.02 Å². The first-order valence-electron chi connectivity index (χ1n) is 7.11. The number of benzene rings is 1. The predicted molar refractivity (Wildman–Crippen MR) is 76.9 cm³/mol. The molecule has 1 nitrogen and oxygen atoms in total. The smallest absolute Gasteiger partial charge is 0.0571 e. The fraction of sp³-hybridized carbons (Fsp3) is 0.625. The molecule has 2 rings (SSSR count). The van der Waals surface area contributed by atoms with Gasteiger partial charge in [0.2, 0.25) is 0 Å². The molecular formula is C16H23ClO. The zero-order valence-electron chi connectivity index (χ0n) is 11.1. The van der Waals surface area contributed by atoms with E-state index in [1.165, 1.54) is 31.2 Å². The molecule has 1 aliphatic carbocycles. The standard InChI is InChI=1S/C16H23ClO/c1-2-4-12-7-8-16(18)14(9-12)10-13-5-3-6-15(17)11-13/h3,5-6,11-12,14,16,18H,2,4,7-10H2,1H3. The molecule has 1 saturated carbocycles. The SMILES string of the molecule is CCCC1CCC(O)C(Cc2cccc(Cl)c2)C1. The summed E-state index contributed by atoms with van der Waals surface area (Å²) in [5.41, 5.74) is 1.25. The van der Waals surface area contributed by atoms with E-state index in [4.69, 9.17) is 11.6 Å². The lowest BCUT2D eigenvalue weighted by atomic mass is 9.75. The first kappa shape index (κ1) is 13.9. The second kappa shape index (κ2) is 6.58. The lowest BCUT2D eigenvalue weighted by molar-refractivity contribution is 0.0463. The fourth-order valence-corrected chi connectivity index (χ4v) is 3.41. The van der Waals surface area contributed by atoms with Crippen LogP contribution in [-0.4, -0.2) is 11.2 Å². The van der Waals surface area contributed by atoms with Gasteiger partial charge < -0.3 is 5.11 Å². The minimum Gasteiger partial charge on any atom is -0.393 e. The Morgan fingerprint density at radius 3 is 2.89 bits per heavy atom. The molecule has 1 N–H and O–H groups in total. The Morgan fingerprint density at radius 1 is 1.33 bits per heavy atom. The van der Waals surface area contributed by atoms with E-state index < -0.39 is 0 Å². The van der Waals surface area contributed by atoms with Gasteiger partial charge in [0.05, 0.1) is 6.10 Å². The van der Waals surface area contributed by atoms with E-state index >= 15 is 0 Å². The van der Waals surface area contributed by atoms with E-state index in [1.807, 2.05) is 18.2 Å². The highest BCUT2D eigenvalue weighted by atomic mass is 35.5. The Bertz CT molecular complexity index is 377. The number of hydrogen-bond acceptors (Lipinski definition) is 1. The maximum absolute atomic E-state index is 10.2. The van der Waals surface area contributed by atoms with Crippen molar-refractivity contribution in [2.24, 2.45) is 11.8 Å². The molecule has 0 aromatic heterocycles. The van der Waals surface area contributed by atoms with Crippen LogP contribution in [0.5, 0.6) is 0 Å². The largest absolute Gasteiger partial charge is 0.393 e. The summed E-state index contributed by atoms with van der Waals surface area (Å²) in [6, 6.07) is 8.04. The van der Waals surface area contributed by atoms with Crippen molar-refractivity contribution >= 4 is 11.6 Å². The Balaban J connectivity index is 1.98. The Labute approximate surface area is 115 Å². The number of aliphatic hydroxyl groups is 1. The van der Waals surface area contributed by atoms with Crippen molar-refractivity contribution in [1.29, 1.82) is 0 Å². The summed E-state index contributed by atoms with van der Waals surface area (Å²) in [5.74, 6) is 1.22. The van der Waals surface area contributed by atoms with Crippen LogP contribution >= 0.6 is 11.6 Å². The number of hydrogen-bond donors (Lipinski definition) is 1. The third-order valence-electron chi connectivity index (χ3n) is 4.13. The highest BCUT2D eigenvalue weighted by Gasteiger charge is 2.28. The topological polar surface area (TPSA) is 20.2 Å². The molecule has 1 fully saturated rings. The van der Waals surface area contributed by atoms with Gasteiger partial charge >= 0.3 is 0 Å². The summed E-state index contributed by atoms with van der Waals surface area (Å²) in [7, 11) is 0. The van der Waals surface area contributed by atoms with E-state index in [0.717, 1.165) is 23.8 Å². The first-order chi connectivity index (χ1) is 8.69. The lowest BCUT2D eigenvalue weighted by Crippen LogP contribution is -2.30. The molecule has 2 heteroatoms. The molecule has 0 aliphatic heterocycles. The molecule has 0 bridgehead atoms. The van der Waals surface area contributed by atoms with Crippen LogP contribution in [0.25, 0.3) is 0 Å². The van der Waals surface area contributed by atoms with Gasteiger partial charge in [-0.2, -0.15) is 0 Å². The van der Waals surface area contributed by atoms with Crippen LogP contribution in [-0.2, 0) is 6.42 Å². The van der Waals surface area contributed by atoms with Crippen LogP contribution < -0.4 is 0 Å². The van der Waals surface area contributed by atoms with Gasteiger partial charge in [-0.15, -0.1) is 0 Å². The van der Waals surface area contributed by atoms with Crippen LogP contribution in [0.1, 0.15) is 44.6 Å². The van der Waals surface area contributed by atoms with Crippen molar-refractivity contribution in [3.63, 3.8) is 0 Å². The van der Waals surface area contributed by atoms with Crippen molar-refractivity contribution in [3.05, 3.63) is 34.9 Å². The molecule has 0 heterocycles. The van der Waals surface area contributed by atoms with Gasteiger partial charge in [-0.3, -0.25) is 0 Å². The lowest BCUT2D eigenvalue weighted by Gasteiger charge is -2.33. The molecule has 3 unspecified atom stereocenters. The summed E-state index contributed by atoms with van der Waals surface area (Å²) >= 11 is 6.01. The van der Waals surface area contributed by atoms with Crippen molar-refractivity contribution in [2.45, 2.75) is 51.6 Å². The van der Waals surface area contributed by atoms with E-state index in [1.54, 1.807) is 0 Å². The van der Waals surface area contributed by atoms with Crippen molar-refractivity contribution in [1.82, 2.24) is 0 Å². The highest BCUT2D eigenvalue weighted by Crippen LogP contribution is 2.34. The average Bonchev–Trinajstić information content (AvgIpc) is 2.34. The summed E-state index contributed by atoms with van der Waals surface area (Å²) in [6.07, 6.45) is 6.72. The summed E-state index contributed by atoms with van der Waals surface area (Å²) in [4.78, 5) is 0. The molecule has 3 atom stereocenters. The Kier molecular flexibility index (Phi) is 5.08. The maximum Gasteiger partial charge on any atom is 0.0571 e. The number of aliphatic hydroxyl groups excluding tert-OH is 1. The second-order valence-electron chi connectivity index (χ2n) is 5.63. The third-order valence-corrected chi connectivity index (χ3v) is 4.37. The Hall–Kier alpha value is -0.530. The van der Waals surface area contributed by atoms with Gasteiger partial charge in [-0.25, -0.2) is 0 Å². The van der Waals surface area contributed by atoms with Crippen molar-refractivity contribution < 1.29 is 5.11 Å². The second-order valence-corrected chi connectivity index (χ2v) is 6.07. The van der Waals surface area contributed by atoms with E-state index in [0.29, 0.717) is 5.92 Å². The van der Waals surface area contributed by atoms with Crippen LogP contribution in [0.3, 0.4) is 0 Å². The molecule has 0 spiro atoms. The summed E-state index contributed by atoms with van der Waals surface area (Å²) < 4.78 is 0. The molecule has 0 radical (unpaired) electrons. The molecule has 18 heavy (non-hydrogen) atoms. The van der Waals surface area contributed by atoms with Crippen LogP contribution in [0.4, 0.5) is 0 Å². The van der Waals surface area contributed by atoms with Crippen LogP contribution in [0.15, 0.2) is 24.3 Å². The summed E-state index contributed by atoms with van der Waals surface area (Å²) in [6.45, 7) is 2.25. The highest BCUT2D eigenvalue weighted by molar-refractivity contribution is 6.30. The van der Waals surface area contributed by atoms with Crippen molar-refractivity contribution in [3.8, 4) is 0 Å². The third kappa shape index (κ3) is 3.73. The minimum atomic E-state index is -0.128. The quantitative estimate of drug-likeness (QED) is 0.853. The van der Waals surface area contributed by atoms with Gasteiger partial charge in [0, 0.05) is 5.02 Å². The van der Waals surface area contributed by atoms with Gasteiger partial charge in [-0.1, -0.05) is 43.5 Å². The zero-order chi connectivity index (χ0) is 13.0. The Morgan fingerprint density at radius 2 is 2.17 bits per heavy atom. The van der Waals surface area contributed by atoms with Crippen LogP contribution in [0, 0.1) is 11.8 Å². The minimum absolute atomic E-state index is 0.128. The average molecular weight is 267 g/mol. The molecule has 0 saturated heterocycles. The molecule has 1 aliphatic rings. The number of rotatable bonds is 4. The maximum atomic E-state index is 10.2. The van der Waals surface area contributed by atoms with Gasteiger partial charge in [-0.05, 0) is 55.2 Å². The number of halogens is 1. The molecule has 100 valence electrons. The van der Waals surface area contributed by atoms with Gasteiger partial charge in [0.25, 0.3) is 0 Å². The van der Waals surface area contributed by atoms with Gasteiger partial charge in [0.15, 0.2) is 0 Å². The predicted octanol–water partition coefficient (Wildman–Crippen LogP) is 4.46. The van der Waals surface area contributed by atoms with Gasteiger partial charge in [0.1, 0.15) is 0 Å². The molecule has 0 amide bonds. The monoisotopic (exact) mass is 266 g/mol. The molecular weight excluding hydrogens is 244 g/mol. The van der Waals surface area contributed by atoms with E-state index in [-0.39, 0.29) is 6.10 Å². The fourth-order valence-electron chi connectivity index (χ4n) is 3.20. The van der Waals surface area contributed by atoms with E-state index in [9.17, 15) is 5.11 Å². The summed E-state index contributed by atoms with van der Waals surface area (Å²) in [5, 5.41) is 10.9. The van der Waals surface area contributed by atoms with E-state index in [2.05, 4.69) is 13.0 Å².